The number of rotatable bonds is 4. The topological polar surface area (TPSA) is 83.8 Å². The Morgan fingerprint density at radius 3 is 3.12 bits per heavy atom. The van der Waals surface area contributed by atoms with E-state index in [9.17, 15) is 0 Å². The second-order valence-electron chi connectivity index (χ2n) is 4.20. The monoisotopic (exact) mass is 222 g/mol. The van der Waals surface area contributed by atoms with Crippen molar-refractivity contribution in [3.8, 4) is 0 Å². The highest BCUT2D eigenvalue weighted by molar-refractivity contribution is 5.77. The third-order valence-corrected chi connectivity index (χ3v) is 3.11. The number of nitrogens with zero attached hydrogens (tertiary/aromatic N) is 4. The maximum atomic E-state index is 7.38. The molecule has 16 heavy (non-hydrogen) atoms. The van der Waals surface area contributed by atoms with Gasteiger partial charge in [0.05, 0.1) is 12.4 Å². The van der Waals surface area contributed by atoms with E-state index in [1.807, 2.05) is 0 Å². The van der Waals surface area contributed by atoms with E-state index in [2.05, 4.69) is 26.6 Å². The molecule has 0 fully saturated rings. The van der Waals surface area contributed by atoms with Crippen molar-refractivity contribution in [2.24, 2.45) is 5.73 Å². The highest BCUT2D eigenvalue weighted by atomic mass is 15.3. The Morgan fingerprint density at radius 2 is 2.44 bits per heavy atom. The predicted octanol–water partition coefficient (Wildman–Crippen LogP) is 0.198. The third-order valence-electron chi connectivity index (χ3n) is 3.11. The molecule has 6 nitrogen and oxygen atoms in total. The van der Waals surface area contributed by atoms with Crippen molar-refractivity contribution < 1.29 is 0 Å². The van der Waals surface area contributed by atoms with Gasteiger partial charge >= 0.3 is 0 Å². The first-order valence-corrected chi connectivity index (χ1v) is 5.64. The molecule has 3 N–H and O–H groups in total. The lowest BCUT2D eigenvalue weighted by Crippen LogP contribution is -2.42. The van der Waals surface area contributed by atoms with Gasteiger partial charge in [0.15, 0.2) is 0 Å². The van der Waals surface area contributed by atoms with Crippen molar-refractivity contribution in [1.82, 2.24) is 19.7 Å². The number of fused-ring (bicyclic) bond motifs is 1. The van der Waals surface area contributed by atoms with Crippen molar-refractivity contribution in [3.63, 3.8) is 0 Å². The maximum absolute atomic E-state index is 7.38. The molecule has 88 valence electrons. The van der Waals surface area contributed by atoms with E-state index in [1.54, 1.807) is 6.33 Å². The molecule has 0 amide bonds. The van der Waals surface area contributed by atoms with Crippen molar-refractivity contribution >= 4 is 5.84 Å². The van der Waals surface area contributed by atoms with Gasteiger partial charge in [-0.2, -0.15) is 0 Å². The van der Waals surface area contributed by atoms with Crippen LogP contribution in [0.15, 0.2) is 6.33 Å². The highest BCUT2D eigenvalue weighted by Crippen LogP contribution is 2.16. The van der Waals surface area contributed by atoms with E-state index in [0.717, 1.165) is 31.9 Å². The Morgan fingerprint density at radius 1 is 1.62 bits per heavy atom. The fraction of sp³-hybridized carbons (Fsp3) is 0.700. The summed E-state index contributed by atoms with van der Waals surface area (Å²) in [4.78, 5) is 2.34. The van der Waals surface area contributed by atoms with Gasteiger partial charge in [0.1, 0.15) is 12.2 Å². The average Bonchev–Trinajstić information content (AvgIpc) is 2.72. The summed E-state index contributed by atoms with van der Waals surface area (Å²) >= 11 is 0. The molecule has 2 rings (SSSR count). The molecule has 0 bridgehead atoms. The van der Waals surface area contributed by atoms with E-state index in [-0.39, 0.29) is 5.84 Å². The molecule has 1 aliphatic rings. The zero-order valence-electron chi connectivity index (χ0n) is 9.56. The minimum absolute atomic E-state index is 0.263. The quantitative estimate of drug-likeness (QED) is 0.563. The molecule has 2 heterocycles. The van der Waals surface area contributed by atoms with Gasteiger partial charge in [-0.1, -0.05) is 6.92 Å². The molecule has 0 aliphatic carbocycles. The van der Waals surface area contributed by atoms with Gasteiger partial charge in [-0.05, 0) is 6.42 Å². The van der Waals surface area contributed by atoms with Crippen LogP contribution in [0.5, 0.6) is 0 Å². The standard InChI is InChI=1S/C10H18N6/c1-2-8(5-9(11)12)15-3-4-16-7-13-14-10(16)6-15/h7-8H,2-6H2,1H3,(H3,11,12). The summed E-state index contributed by atoms with van der Waals surface area (Å²) < 4.78 is 2.08. The molecule has 0 spiro atoms. The van der Waals surface area contributed by atoms with Crippen LogP contribution < -0.4 is 5.73 Å². The molecule has 0 saturated carbocycles. The van der Waals surface area contributed by atoms with Crippen molar-refractivity contribution in [3.05, 3.63) is 12.2 Å². The van der Waals surface area contributed by atoms with Crippen LogP contribution in [0.2, 0.25) is 0 Å². The summed E-state index contributed by atoms with van der Waals surface area (Å²) in [5.41, 5.74) is 5.47. The Balaban J connectivity index is 2.03. The number of hydrogen-bond donors (Lipinski definition) is 2. The van der Waals surface area contributed by atoms with E-state index in [0.29, 0.717) is 12.5 Å². The number of amidine groups is 1. The molecule has 1 unspecified atom stereocenters. The summed E-state index contributed by atoms with van der Waals surface area (Å²) in [5, 5.41) is 15.4. The van der Waals surface area contributed by atoms with Gasteiger partial charge < -0.3 is 10.3 Å². The normalized spacial score (nSPS) is 18.1. The van der Waals surface area contributed by atoms with E-state index in [1.165, 1.54) is 0 Å². The number of hydrogen-bond acceptors (Lipinski definition) is 4. The van der Waals surface area contributed by atoms with Crippen LogP contribution in [-0.2, 0) is 13.1 Å². The van der Waals surface area contributed by atoms with E-state index in [4.69, 9.17) is 11.1 Å². The first-order valence-electron chi connectivity index (χ1n) is 5.64. The fourth-order valence-corrected chi connectivity index (χ4v) is 2.18. The molecule has 0 saturated heterocycles. The summed E-state index contributed by atoms with van der Waals surface area (Å²) in [6.45, 7) is 4.85. The average molecular weight is 222 g/mol. The summed E-state index contributed by atoms with van der Waals surface area (Å²) in [6, 6.07) is 0.350. The maximum Gasteiger partial charge on any atom is 0.147 e. The zero-order chi connectivity index (χ0) is 11.5. The minimum Gasteiger partial charge on any atom is -0.388 e. The minimum atomic E-state index is 0.263. The lowest BCUT2D eigenvalue weighted by molar-refractivity contribution is 0.151. The zero-order valence-corrected chi connectivity index (χ0v) is 9.56. The van der Waals surface area contributed by atoms with Gasteiger partial charge in [-0.25, -0.2) is 0 Å². The molecule has 0 radical (unpaired) electrons. The molecule has 1 aromatic heterocycles. The summed E-state index contributed by atoms with van der Waals surface area (Å²) in [6.07, 6.45) is 3.43. The van der Waals surface area contributed by atoms with Crippen LogP contribution in [0, 0.1) is 5.41 Å². The molecule has 1 aliphatic heterocycles. The second kappa shape index (κ2) is 4.61. The Hall–Kier alpha value is -1.43. The molecule has 1 atom stereocenters. The van der Waals surface area contributed by atoms with Gasteiger partial charge in [0.25, 0.3) is 0 Å². The van der Waals surface area contributed by atoms with Crippen molar-refractivity contribution in [2.75, 3.05) is 6.54 Å². The van der Waals surface area contributed by atoms with E-state index >= 15 is 0 Å². The fourth-order valence-electron chi connectivity index (χ4n) is 2.18. The van der Waals surface area contributed by atoms with Crippen LogP contribution >= 0.6 is 0 Å². The molecule has 6 heteroatoms. The lowest BCUT2D eigenvalue weighted by atomic mass is 10.1. The number of aromatic nitrogens is 3. The number of nitrogens with two attached hydrogens (primary N) is 1. The van der Waals surface area contributed by atoms with E-state index < -0.39 is 0 Å². The molecular formula is C10H18N6. The van der Waals surface area contributed by atoms with Gasteiger partial charge in [0, 0.05) is 25.6 Å². The van der Waals surface area contributed by atoms with Crippen LogP contribution in [0.25, 0.3) is 0 Å². The Kier molecular flexibility index (Phi) is 3.19. The highest BCUT2D eigenvalue weighted by Gasteiger charge is 2.23. The van der Waals surface area contributed by atoms with Gasteiger partial charge in [0.2, 0.25) is 0 Å². The lowest BCUT2D eigenvalue weighted by Gasteiger charge is -2.33. The van der Waals surface area contributed by atoms with Crippen LogP contribution in [0.4, 0.5) is 0 Å². The van der Waals surface area contributed by atoms with Gasteiger partial charge in [-0.3, -0.25) is 10.3 Å². The van der Waals surface area contributed by atoms with Crippen molar-refractivity contribution in [1.29, 1.82) is 5.41 Å². The first-order chi connectivity index (χ1) is 7.70. The predicted molar refractivity (Wildman–Crippen MR) is 61.0 cm³/mol. The Bertz CT molecular complexity index is 371. The molecule has 0 aromatic carbocycles. The van der Waals surface area contributed by atoms with Crippen LogP contribution in [0.3, 0.4) is 0 Å². The van der Waals surface area contributed by atoms with Crippen molar-refractivity contribution in [2.45, 2.75) is 38.9 Å². The van der Waals surface area contributed by atoms with Crippen LogP contribution in [0.1, 0.15) is 25.6 Å². The van der Waals surface area contributed by atoms with Gasteiger partial charge in [-0.15, -0.1) is 10.2 Å². The smallest absolute Gasteiger partial charge is 0.147 e. The first kappa shape index (κ1) is 11.1. The summed E-state index contributed by atoms with van der Waals surface area (Å²) in [5.74, 6) is 1.27. The largest absolute Gasteiger partial charge is 0.388 e. The second-order valence-corrected chi connectivity index (χ2v) is 4.20. The molecular weight excluding hydrogens is 204 g/mol. The third kappa shape index (κ3) is 2.21. The molecule has 1 aromatic rings. The number of nitrogens with one attached hydrogen (secondary N) is 1. The Labute approximate surface area is 95.0 Å². The SMILES string of the molecule is CCC(CC(=N)N)N1CCn2cnnc2C1. The van der Waals surface area contributed by atoms with Crippen LogP contribution in [-0.4, -0.2) is 38.1 Å². The summed E-state index contributed by atoms with van der Waals surface area (Å²) in [7, 11) is 0.